The van der Waals surface area contributed by atoms with E-state index >= 15 is 0 Å². The van der Waals surface area contributed by atoms with Crippen LogP contribution in [0.25, 0.3) is 106 Å². The van der Waals surface area contributed by atoms with E-state index < -0.39 is 0 Å². The maximum absolute atomic E-state index is 6.59. The average molecular weight is 965 g/mol. The van der Waals surface area contributed by atoms with Crippen LogP contribution in [0.2, 0.25) is 0 Å². The highest BCUT2D eigenvalue weighted by Crippen LogP contribution is 2.48. The van der Waals surface area contributed by atoms with Gasteiger partial charge in [0.1, 0.15) is 29.0 Å². The third-order valence-electron chi connectivity index (χ3n) is 15.5. The number of nitrogens with zero attached hydrogens (tertiary/aromatic N) is 4. The number of furan rings is 1. The van der Waals surface area contributed by atoms with Crippen LogP contribution < -0.4 is 4.74 Å². The smallest absolute Gasteiger partial charge is 0.164 e. The molecule has 1 aliphatic heterocycles. The Morgan fingerprint density at radius 2 is 1.16 bits per heavy atom. The topological polar surface area (TPSA) is 66.0 Å². The second-order valence-corrected chi connectivity index (χ2v) is 20.0. The summed E-state index contributed by atoms with van der Waals surface area (Å²) in [6, 6.07) is 67.4. The molecule has 4 aliphatic rings. The predicted molar refractivity (Wildman–Crippen MR) is 305 cm³/mol. The van der Waals surface area contributed by atoms with Gasteiger partial charge in [0.15, 0.2) is 11.6 Å². The van der Waals surface area contributed by atoms with E-state index in [1.165, 1.54) is 33.0 Å². The molecule has 0 spiro atoms. The van der Waals surface area contributed by atoms with Crippen molar-refractivity contribution in [1.82, 2.24) is 19.5 Å². The van der Waals surface area contributed by atoms with Gasteiger partial charge < -0.3 is 13.7 Å². The first-order valence-electron chi connectivity index (χ1n) is 26.1. The Hall–Kier alpha value is -9.39. The Morgan fingerprint density at radius 1 is 0.493 bits per heavy atom. The molecule has 0 saturated carbocycles. The van der Waals surface area contributed by atoms with E-state index in [0.717, 1.165) is 109 Å². The van der Waals surface area contributed by atoms with Crippen molar-refractivity contribution in [3.63, 3.8) is 0 Å². The third-order valence-corrected chi connectivity index (χ3v) is 15.5. The summed E-state index contributed by atoms with van der Waals surface area (Å²) in [5, 5.41) is 3.50. The minimum absolute atomic E-state index is 0.127. The summed E-state index contributed by atoms with van der Waals surface area (Å²) in [4.78, 5) is 16.5. The first-order chi connectivity index (χ1) is 37.2. The van der Waals surface area contributed by atoms with Crippen molar-refractivity contribution in [2.24, 2.45) is 0 Å². The molecule has 3 aromatic heterocycles. The fourth-order valence-electron chi connectivity index (χ4n) is 11.9. The summed E-state index contributed by atoms with van der Waals surface area (Å²) in [5.41, 5.74) is 18.6. The number of para-hydroxylation sites is 2. The molecular formula is C69H48N4O2. The van der Waals surface area contributed by atoms with Crippen molar-refractivity contribution in [3.8, 4) is 56.2 Å². The maximum atomic E-state index is 6.59. The van der Waals surface area contributed by atoms with Crippen LogP contribution in [-0.4, -0.2) is 25.6 Å². The average Bonchev–Trinajstić information content (AvgIpc) is 4.16. The zero-order chi connectivity index (χ0) is 49.4. The van der Waals surface area contributed by atoms with Crippen molar-refractivity contribution >= 4 is 55.6 Å². The number of allylic oxidation sites excluding steroid dienone is 7. The Balaban J connectivity index is 0.994. The lowest BCUT2D eigenvalue weighted by Crippen LogP contribution is -2.17. The Bertz CT molecular complexity index is 4170. The van der Waals surface area contributed by atoms with Crippen LogP contribution >= 0.6 is 0 Å². The molecule has 0 N–H and O–H groups in total. The largest absolute Gasteiger partial charge is 0.485 e. The molecule has 356 valence electrons. The van der Waals surface area contributed by atoms with Crippen molar-refractivity contribution < 1.29 is 9.15 Å². The summed E-state index contributed by atoms with van der Waals surface area (Å²) < 4.78 is 15.6. The van der Waals surface area contributed by atoms with Gasteiger partial charge in [-0.25, -0.2) is 15.0 Å². The van der Waals surface area contributed by atoms with E-state index in [-0.39, 0.29) is 12.0 Å². The van der Waals surface area contributed by atoms with E-state index in [1.54, 1.807) is 0 Å². The minimum Gasteiger partial charge on any atom is -0.485 e. The van der Waals surface area contributed by atoms with Crippen molar-refractivity contribution in [2.75, 3.05) is 0 Å². The fourth-order valence-corrected chi connectivity index (χ4v) is 11.9. The van der Waals surface area contributed by atoms with E-state index in [9.17, 15) is 0 Å². The number of ether oxygens (including phenoxy) is 1. The standard InChI is InChI=1S/C69H48N4O2/c1-5-18-43(19-6-1)47-33-36-59-57(38-47)58-39-48(44-20-7-2-8-21-44)34-37-60(58)73(59)66-55(45-22-9-3-10-23-45)40-50(41-56(66)46-24-11-4-12-25-46)68-70-67(49-32-35-52-51-26-13-15-29-61(51)75-64(52)42-49)71-69(72-68)54-28-17-31-63-65(54)53-27-14-16-30-62(53)74-63/h1-3,5-11,13-30,32-41,49,63H,4,12,31,42H2. The van der Waals surface area contributed by atoms with Gasteiger partial charge in [0, 0.05) is 73.9 Å². The lowest BCUT2D eigenvalue weighted by atomic mass is 9.89. The molecule has 6 heteroatoms. The summed E-state index contributed by atoms with van der Waals surface area (Å²) in [6.45, 7) is 0. The lowest BCUT2D eigenvalue weighted by Gasteiger charge is -2.23. The maximum Gasteiger partial charge on any atom is 0.164 e. The molecular weight excluding hydrogens is 917 g/mol. The Kier molecular flexibility index (Phi) is 10.2. The van der Waals surface area contributed by atoms with Crippen LogP contribution in [0.5, 0.6) is 5.75 Å². The van der Waals surface area contributed by atoms with Gasteiger partial charge in [-0.15, -0.1) is 0 Å². The van der Waals surface area contributed by atoms with Crippen LogP contribution in [0.1, 0.15) is 59.3 Å². The van der Waals surface area contributed by atoms with Gasteiger partial charge in [-0.2, -0.15) is 0 Å². The lowest BCUT2D eigenvalue weighted by molar-refractivity contribution is 0.279. The number of hydrogen-bond donors (Lipinski definition) is 0. The minimum atomic E-state index is -0.157. The van der Waals surface area contributed by atoms with Gasteiger partial charge in [0.05, 0.1) is 16.7 Å². The summed E-state index contributed by atoms with van der Waals surface area (Å²) >= 11 is 0. The Labute approximate surface area is 434 Å². The summed E-state index contributed by atoms with van der Waals surface area (Å²) in [5.74, 6) is 3.61. The second kappa shape index (κ2) is 17.7. The molecule has 4 heterocycles. The fraction of sp³-hybridized carbons (Fsp3) is 0.0870. The molecule has 2 unspecified atom stereocenters. The number of hydrogen-bond acceptors (Lipinski definition) is 5. The van der Waals surface area contributed by atoms with Crippen LogP contribution in [-0.2, 0) is 6.42 Å². The molecule has 0 saturated heterocycles. The molecule has 0 fully saturated rings. The van der Waals surface area contributed by atoms with Crippen molar-refractivity contribution in [3.05, 3.63) is 259 Å². The van der Waals surface area contributed by atoms with Crippen LogP contribution in [0, 0.1) is 0 Å². The quantitative estimate of drug-likeness (QED) is 0.152. The normalized spacial score (nSPS) is 16.6. The molecule has 0 radical (unpaired) electrons. The molecule has 75 heavy (non-hydrogen) atoms. The SMILES string of the molecule is C1=CC(c2cc(-c3nc(C4=C5c6ccccc6OC5CC=C4)nc(C4C=Cc5c(oc6ccccc56)C4)n3)cc(-c3ccccc3)c2-n2c3ccc(-c4ccccc4)cc3c3cc(-c4ccccc4)ccc32)=CCC1. The molecule has 3 aliphatic carbocycles. The van der Waals surface area contributed by atoms with Crippen LogP contribution in [0.4, 0.5) is 0 Å². The molecule has 8 aromatic carbocycles. The highest BCUT2D eigenvalue weighted by Gasteiger charge is 2.34. The number of aromatic nitrogens is 4. The van der Waals surface area contributed by atoms with E-state index in [0.29, 0.717) is 23.9 Å². The zero-order valence-corrected chi connectivity index (χ0v) is 41.0. The predicted octanol–water partition coefficient (Wildman–Crippen LogP) is 17.1. The number of fused-ring (bicyclic) bond motifs is 9. The molecule has 6 nitrogen and oxygen atoms in total. The molecule has 15 rings (SSSR count). The molecule has 2 atom stereocenters. The van der Waals surface area contributed by atoms with Crippen molar-refractivity contribution in [1.29, 1.82) is 0 Å². The van der Waals surface area contributed by atoms with Gasteiger partial charge in [-0.05, 0) is 94.8 Å². The first kappa shape index (κ1) is 43.2. The zero-order valence-electron chi connectivity index (χ0n) is 41.0. The van der Waals surface area contributed by atoms with Crippen LogP contribution in [0.15, 0.2) is 229 Å². The molecule has 0 amide bonds. The third kappa shape index (κ3) is 7.35. The van der Waals surface area contributed by atoms with Crippen molar-refractivity contribution in [2.45, 2.75) is 37.7 Å². The summed E-state index contributed by atoms with van der Waals surface area (Å²) in [6.07, 6.45) is 19.0. The molecule has 11 aromatic rings. The van der Waals surface area contributed by atoms with Gasteiger partial charge >= 0.3 is 0 Å². The number of rotatable bonds is 8. The van der Waals surface area contributed by atoms with Crippen LogP contribution in [0.3, 0.4) is 0 Å². The monoisotopic (exact) mass is 964 g/mol. The van der Waals surface area contributed by atoms with Gasteiger partial charge in [-0.1, -0.05) is 182 Å². The highest BCUT2D eigenvalue weighted by atomic mass is 16.5. The highest BCUT2D eigenvalue weighted by molar-refractivity contribution is 6.13. The summed E-state index contributed by atoms with van der Waals surface area (Å²) in [7, 11) is 0. The van der Waals surface area contributed by atoms with E-state index in [1.807, 2.05) is 18.2 Å². The van der Waals surface area contributed by atoms with Gasteiger partial charge in [0.25, 0.3) is 0 Å². The number of benzene rings is 8. The van der Waals surface area contributed by atoms with E-state index in [2.05, 4.69) is 217 Å². The van der Waals surface area contributed by atoms with Gasteiger partial charge in [0.2, 0.25) is 0 Å². The van der Waals surface area contributed by atoms with E-state index in [4.69, 9.17) is 24.1 Å². The molecule has 0 bridgehead atoms. The Morgan fingerprint density at radius 3 is 1.89 bits per heavy atom. The second-order valence-electron chi connectivity index (χ2n) is 20.0. The first-order valence-corrected chi connectivity index (χ1v) is 26.1. The van der Waals surface area contributed by atoms with Gasteiger partial charge in [-0.3, -0.25) is 0 Å².